The fourth-order valence-corrected chi connectivity index (χ4v) is 4.04. The number of sulfonamides is 1. The Balaban J connectivity index is 2.19. The third-order valence-corrected chi connectivity index (χ3v) is 5.82. The van der Waals surface area contributed by atoms with Crippen molar-refractivity contribution in [2.24, 2.45) is 0 Å². The molecule has 0 aromatic heterocycles. The third kappa shape index (κ3) is 5.55. The second kappa shape index (κ2) is 9.16. The van der Waals surface area contributed by atoms with Crippen molar-refractivity contribution in [3.63, 3.8) is 0 Å². The van der Waals surface area contributed by atoms with Crippen LogP contribution in [0.25, 0.3) is 0 Å². The molecule has 5 nitrogen and oxygen atoms in total. The van der Waals surface area contributed by atoms with Gasteiger partial charge in [-0.1, -0.05) is 29.8 Å². The van der Waals surface area contributed by atoms with Crippen LogP contribution in [-0.2, 0) is 14.8 Å². The van der Waals surface area contributed by atoms with Gasteiger partial charge >= 0.3 is 0 Å². The van der Waals surface area contributed by atoms with Gasteiger partial charge in [0, 0.05) is 5.69 Å². The number of hydrogen-bond acceptors (Lipinski definition) is 4. The van der Waals surface area contributed by atoms with Crippen molar-refractivity contribution in [1.29, 1.82) is 0 Å². The Morgan fingerprint density at radius 3 is 2.42 bits per heavy atom. The normalized spacial score (nSPS) is 12.6. The number of anilines is 1. The summed E-state index contributed by atoms with van der Waals surface area (Å²) < 4.78 is 41.2. The zero-order valence-electron chi connectivity index (χ0n) is 14.5. The maximum Gasteiger partial charge on any atom is 0.244 e. The average Bonchev–Trinajstić information content (AvgIpc) is 2.60. The molecular weight excluding hydrogens is 375 g/mol. The lowest BCUT2D eigenvalue weighted by Crippen LogP contribution is -2.44. The van der Waals surface area contributed by atoms with E-state index in [0.29, 0.717) is 11.4 Å². The van der Waals surface area contributed by atoms with E-state index in [1.54, 1.807) is 12.1 Å². The van der Waals surface area contributed by atoms with E-state index in [9.17, 15) is 17.6 Å². The minimum atomic E-state index is -4.16. The minimum absolute atomic E-state index is 0.284. The van der Waals surface area contributed by atoms with Crippen molar-refractivity contribution in [1.82, 2.24) is 4.72 Å². The molecule has 0 aliphatic rings. The summed E-state index contributed by atoms with van der Waals surface area (Å²) in [7, 11) is -4.16. The van der Waals surface area contributed by atoms with Gasteiger partial charge in [0.1, 0.15) is 16.8 Å². The number of carbonyl (C=O) groups is 1. The second-order valence-electron chi connectivity index (χ2n) is 5.74. The number of halogens is 1. The number of amides is 1. The van der Waals surface area contributed by atoms with Gasteiger partial charge in [-0.15, -0.1) is 0 Å². The molecule has 0 fully saturated rings. The lowest BCUT2D eigenvalue weighted by molar-refractivity contribution is -0.117. The minimum Gasteiger partial charge on any atom is -0.325 e. The topological polar surface area (TPSA) is 75.3 Å². The number of nitrogens with one attached hydrogen (secondary N) is 2. The van der Waals surface area contributed by atoms with Gasteiger partial charge in [0.2, 0.25) is 15.9 Å². The molecule has 0 aliphatic heterocycles. The van der Waals surface area contributed by atoms with Crippen molar-refractivity contribution in [2.75, 3.05) is 17.3 Å². The first-order valence-corrected chi connectivity index (χ1v) is 10.8. The number of aryl methyl sites for hydroxylation is 1. The number of hydrogen-bond donors (Lipinski definition) is 2. The van der Waals surface area contributed by atoms with Crippen LogP contribution in [0.1, 0.15) is 12.0 Å². The Bertz CT molecular complexity index is 855. The molecule has 0 saturated heterocycles. The van der Waals surface area contributed by atoms with Gasteiger partial charge in [-0.05, 0) is 49.6 Å². The highest BCUT2D eigenvalue weighted by Gasteiger charge is 2.27. The summed E-state index contributed by atoms with van der Waals surface area (Å²) in [5, 5.41) is 2.70. The molecule has 0 spiro atoms. The molecular formula is C18H21FN2O3S2. The van der Waals surface area contributed by atoms with Gasteiger partial charge in [-0.3, -0.25) is 4.79 Å². The van der Waals surface area contributed by atoms with Crippen LogP contribution in [0, 0.1) is 12.7 Å². The number of carbonyl (C=O) groups excluding carboxylic acids is 1. The highest BCUT2D eigenvalue weighted by atomic mass is 32.2. The molecule has 26 heavy (non-hydrogen) atoms. The number of rotatable bonds is 8. The summed E-state index contributed by atoms with van der Waals surface area (Å²) in [6.07, 6.45) is 2.15. The predicted octanol–water partition coefficient (Wildman–Crippen LogP) is 3.17. The van der Waals surface area contributed by atoms with Gasteiger partial charge in [-0.2, -0.15) is 16.5 Å². The molecule has 0 radical (unpaired) electrons. The molecule has 0 aliphatic carbocycles. The first-order valence-electron chi connectivity index (χ1n) is 7.97. The first-order chi connectivity index (χ1) is 12.3. The van der Waals surface area contributed by atoms with Crippen LogP contribution in [0.15, 0.2) is 53.4 Å². The van der Waals surface area contributed by atoms with Gasteiger partial charge in [0.25, 0.3) is 0 Å². The smallest absolute Gasteiger partial charge is 0.244 e. The zero-order valence-corrected chi connectivity index (χ0v) is 16.2. The third-order valence-electron chi connectivity index (χ3n) is 3.67. The van der Waals surface area contributed by atoms with E-state index in [4.69, 9.17) is 0 Å². The summed E-state index contributed by atoms with van der Waals surface area (Å²) in [5.41, 5.74) is 1.61. The lowest BCUT2D eigenvalue weighted by Gasteiger charge is -2.18. The molecule has 2 N–H and O–H groups in total. The monoisotopic (exact) mass is 396 g/mol. The molecule has 0 bridgehead atoms. The van der Waals surface area contributed by atoms with Crippen molar-refractivity contribution in [3.8, 4) is 0 Å². The van der Waals surface area contributed by atoms with Crippen LogP contribution in [-0.4, -0.2) is 32.4 Å². The average molecular weight is 397 g/mol. The molecule has 8 heteroatoms. The van der Waals surface area contributed by atoms with Crippen LogP contribution >= 0.6 is 11.8 Å². The van der Waals surface area contributed by atoms with E-state index in [2.05, 4.69) is 10.0 Å². The van der Waals surface area contributed by atoms with Crippen LogP contribution in [0.2, 0.25) is 0 Å². The van der Waals surface area contributed by atoms with Crippen LogP contribution < -0.4 is 10.0 Å². The van der Waals surface area contributed by atoms with Crippen LogP contribution in [0.3, 0.4) is 0 Å². The molecule has 2 aromatic carbocycles. The Kier molecular flexibility index (Phi) is 7.19. The molecule has 2 rings (SSSR count). The Morgan fingerprint density at radius 1 is 1.15 bits per heavy atom. The number of benzene rings is 2. The predicted molar refractivity (Wildman–Crippen MR) is 103 cm³/mol. The summed E-state index contributed by atoms with van der Waals surface area (Å²) in [5.74, 6) is -0.767. The fraction of sp³-hybridized carbons (Fsp3) is 0.278. The van der Waals surface area contributed by atoms with Gasteiger partial charge in [-0.25, -0.2) is 12.8 Å². The van der Waals surface area contributed by atoms with Crippen molar-refractivity contribution >= 4 is 33.4 Å². The lowest BCUT2D eigenvalue weighted by atomic mass is 10.2. The SMILES string of the molecule is CSCCC(NS(=O)(=O)c1ccccc1F)C(=O)Nc1ccc(C)cc1. The van der Waals surface area contributed by atoms with E-state index in [1.807, 2.05) is 25.3 Å². The Hall–Kier alpha value is -1.90. The highest BCUT2D eigenvalue weighted by Crippen LogP contribution is 2.16. The first kappa shape index (κ1) is 20.4. The molecule has 0 heterocycles. The summed E-state index contributed by atoms with van der Waals surface area (Å²) in [6.45, 7) is 1.93. The molecule has 140 valence electrons. The van der Waals surface area contributed by atoms with Gasteiger partial charge in [0.15, 0.2) is 0 Å². The van der Waals surface area contributed by atoms with E-state index in [-0.39, 0.29) is 6.42 Å². The van der Waals surface area contributed by atoms with Crippen molar-refractivity contribution in [3.05, 3.63) is 59.9 Å². The Morgan fingerprint density at radius 2 is 1.81 bits per heavy atom. The number of thioether (sulfide) groups is 1. The maximum atomic E-state index is 13.8. The largest absolute Gasteiger partial charge is 0.325 e. The zero-order chi connectivity index (χ0) is 19.2. The van der Waals surface area contributed by atoms with Crippen molar-refractivity contribution < 1.29 is 17.6 Å². The second-order valence-corrected chi connectivity index (χ2v) is 8.41. The summed E-state index contributed by atoms with van der Waals surface area (Å²) >= 11 is 1.49. The molecule has 1 atom stereocenters. The quantitative estimate of drug-likeness (QED) is 0.719. The van der Waals surface area contributed by atoms with Gasteiger partial charge in [0.05, 0.1) is 0 Å². The Labute approximate surface area is 157 Å². The van der Waals surface area contributed by atoms with Crippen LogP contribution in [0.5, 0.6) is 0 Å². The van der Waals surface area contributed by atoms with Crippen LogP contribution in [0.4, 0.5) is 10.1 Å². The maximum absolute atomic E-state index is 13.8. The molecule has 2 aromatic rings. The standard InChI is InChI=1S/C18H21FN2O3S2/c1-13-7-9-14(10-8-13)20-18(22)16(11-12-25-2)21-26(23,24)17-6-4-3-5-15(17)19/h3-10,16,21H,11-12H2,1-2H3,(H,20,22). The highest BCUT2D eigenvalue weighted by molar-refractivity contribution is 7.98. The van der Waals surface area contributed by atoms with E-state index >= 15 is 0 Å². The summed E-state index contributed by atoms with van der Waals surface area (Å²) in [6, 6.07) is 11.2. The summed E-state index contributed by atoms with van der Waals surface area (Å²) in [4.78, 5) is 12.1. The van der Waals surface area contributed by atoms with E-state index in [0.717, 1.165) is 11.6 Å². The van der Waals surface area contributed by atoms with E-state index in [1.165, 1.54) is 30.0 Å². The van der Waals surface area contributed by atoms with Gasteiger partial charge < -0.3 is 5.32 Å². The van der Waals surface area contributed by atoms with E-state index < -0.39 is 32.7 Å². The molecule has 0 saturated carbocycles. The molecule has 1 unspecified atom stereocenters. The molecule has 1 amide bonds. The fourth-order valence-electron chi connectivity index (χ4n) is 2.26. The van der Waals surface area contributed by atoms with Crippen molar-refractivity contribution in [2.45, 2.75) is 24.3 Å².